The summed E-state index contributed by atoms with van der Waals surface area (Å²) >= 11 is 0. The predicted octanol–water partition coefficient (Wildman–Crippen LogP) is 2.77. The molecular formula is C18H21N3O3. The lowest BCUT2D eigenvalue weighted by Gasteiger charge is -2.17. The lowest BCUT2D eigenvalue weighted by Crippen LogP contribution is -2.26. The third kappa shape index (κ3) is 3.90. The van der Waals surface area contributed by atoms with Crippen molar-refractivity contribution in [3.63, 3.8) is 0 Å². The highest BCUT2D eigenvalue weighted by molar-refractivity contribution is 5.55. The normalized spacial score (nSPS) is 17.8. The summed E-state index contributed by atoms with van der Waals surface area (Å²) in [7, 11) is 0. The van der Waals surface area contributed by atoms with Crippen LogP contribution in [0, 0.1) is 10.1 Å². The quantitative estimate of drug-likeness (QED) is 0.630. The molecule has 2 N–H and O–H groups in total. The van der Waals surface area contributed by atoms with Gasteiger partial charge in [0.05, 0.1) is 17.1 Å². The number of hydrogen-bond donors (Lipinski definition) is 2. The molecule has 24 heavy (non-hydrogen) atoms. The Kier molecular flexibility index (Phi) is 5.08. The van der Waals surface area contributed by atoms with Crippen LogP contribution in [0.5, 0.6) is 0 Å². The zero-order valence-electron chi connectivity index (χ0n) is 13.4. The Morgan fingerprint density at radius 2 is 2.04 bits per heavy atom. The first-order chi connectivity index (χ1) is 11.7. The van der Waals surface area contributed by atoms with Crippen molar-refractivity contribution < 1.29 is 10.0 Å². The molecule has 1 aliphatic heterocycles. The summed E-state index contributed by atoms with van der Waals surface area (Å²) in [4.78, 5) is 13.0. The molecule has 1 aliphatic rings. The van der Waals surface area contributed by atoms with Gasteiger partial charge in [-0.05, 0) is 24.1 Å². The van der Waals surface area contributed by atoms with Crippen LogP contribution in [0.2, 0.25) is 0 Å². The monoisotopic (exact) mass is 327 g/mol. The largest absolute Gasteiger partial charge is 0.391 e. The Hall–Kier alpha value is -2.44. The van der Waals surface area contributed by atoms with Crippen LogP contribution in [0.4, 0.5) is 11.4 Å². The summed E-state index contributed by atoms with van der Waals surface area (Å²) in [5.74, 6) is 0. The van der Waals surface area contributed by atoms with Crippen molar-refractivity contribution in [1.29, 1.82) is 0 Å². The van der Waals surface area contributed by atoms with E-state index in [0.29, 0.717) is 5.56 Å². The smallest absolute Gasteiger partial charge is 0.276 e. The van der Waals surface area contributed by atoms with Crippen LogP contribution in [0.3, 0.4) is 0 Å². The molecule has 0 unspecified atom stereocenters. The maximum Gasteiger partial charge on any atom is 0.276 e. The van der Waals surface area contributed by atoms with Gasteiger partial charge in [-0.15, -0.1) is 0 Å². The first-order valence-electron chi connectivity index (χ1n) is 8.06. The Bertz CT molecular complexity index is 706. The maximum absolute atomic E-state index is 11.1. The highest BCUT2D eigenvalue weighted by atomic mass is 16.6. The summed E-state index contributed by atoms with van der Waals surface area (Å²) in [6, 6.07) is 15.5. The molecule has 1 saturated heterocycles. The number of hydrogen-bond acceptors (Lipinski definition) is 5. The third-order valence-corrected chi connectivity index (χ3v) is 4.34. The van der Waals surface area contributed by atoms with Crippen LogP contribution < -0.4 is 5.32 Å². The number of nitro benzene ring substituents is 1. The molecule has 1 atom stereocenters. The Labute approximate surface area is 140 Å². The number of rotatable bonds is 6. The van der Waals surface area contributed by atoms with Crippen LogP contribution >= 0.6 is 0 Å². The summed E-state index contributed by atoms with van der Waals surface area (Å²) in [5, 5.41) is 23.6. The van der Waals surface area contributed by atoms with Crippen molar-refractivity contribution >= 4 is 11.4 Å². The fraction of sp³-hybridized carbons (Fsp3) is 0.333. The number of aliphatic hydroxyl groups excluding tert-OH is 1. The molecule has 126 valence electrons. The molecule has 0 spiro atoms. The number of benzene rings is 2. The van der Waals surface area contributed by atoms with Gasteiger partial charge < -0.3 is 10.4 Å². The van der Waals surface area contributed by atoms with Crippen molar-refractivity contribution in [1.82, 2.24) is 4.90 Å². The number of aliphatic hydroxyl groups is 1. The van der Waals surface area contributed by atoms with Gasteiger partial charge in [-0.2, -0.15) is 0 Å². The van der Waals surface area contributed by atoms with E-state index in [0.717, 1.165) is 31.7 Å². The van der Waals surface area contributed by atoms with Crippen LogP contribution in [0.15, 0.2) is 48.5 Å². The first-order valence-corrected chi connectivity index (χ1v) is 8.06. The van der Waals surface area contributed by atoms with Gasteiger partial charge in [0.15, 0.2) is 0 Å². The SMILES string of the molecule is O=[N+]([O-])c1cc(N[C@@H]2CCN(Cc3ccccc3)C2)ccc1CO. The Morgan fingerprint density at radius 3 is 2.75 bits per heavy atom. The van der Waals surface area contributed by atoms with Crippen molar-refractivity contribution in [3.8, 4) is 0 Å². The van der Waals surface area contributed by atoms with Crippen molar-refractivity contribution in [2.45, 2.75) is 25.6 Å². The lowest BCUT2D eigenvalue weighted by molar-refractivity contribution is -0.385. The number of anilines is 1. The highest BCUT2D eigenvalue weighted by Gasteiger charge is 2.23. The maximum atomic E-state index is 11.1. The Balaban J connectivity index is 1.61. The zero-order chi connectivity index (χ0) is 16.9. The fourth-order valence-electron chi connectivity index (χ4n) is 3.13. The number of nitrogens with zero attached hydrogens (tertiary/aromatic N) is 2. The fourth-order valence-corrected chi connectivity index (χ4v) is 3.13. The molecule has 6 heteroatoms. The van der Waals surface area contributed by atoms with Gasteiger partial charge in [0, 0.05) is 37.4 Å². The molecule has 0 bridgehead atoms. The van der Waals surface area contributed by atoms with Crippen molar-refractivity contribution in [3.05, 3.63) is 69.8 Å². The van der Waals surface area contributed by atoms with E-state index in [9.17, 15) is 15.2 Å². The van der Waals surface area contributed by atoms with E-state index >= 15 is 0 Å². The minimum Gasteiger partial charge on any atom is -0.391 e. The van der Waals surface area contributed by atoms with Gasteiger partial charge in [0.25, 0.3) is 5.69 Å². The standard InChI is InChI=1S/C18H21N3O3/c22-13-15-6-7-16(10-18(15)21(23)24)19-17-8-9-20(12-17)11-14-4-2-1-3-5-14/h1-7,10,17,19,22H,8-9,11-13H2/t17-/m1/s1. The topological polar surface area (TPSA) is 78.6 Å². The molecule has 0 aliphatic carbocycles. The predicted molar refractivity (Wildman–Crippen MR) is 92.8 cm³/mol. The molecule has 0 radical (unpaired) electrons. The van der Waals surface area contributed by atoms with Gasteiger partial charge in [-0.3, -0.25) is 15.0 Å². The summed E-state index contributed by atoms with van der Waals surface area (Å²) in [6.07, 6.45) is 1.00. The summed E-state index contributed by atoms with van der Waals surface area (Å²) in [6.45, 7) is 2.50. The second-order valence-corrected chi connectivity index (χ2v) is 6.11. The molecule has 2 aromatic rings. The van der Waals surface area contributed by atoms with E-state index in [2.05, 4.69) is 22.3 Å². The highest BCUT2D eigenvalue weighted by Crippen LogP contribution is 2.25. The van der Waals surface area contributed by atoms with E-state index in [1.807, 2.05) is 18.2 Å². The third-order valence-electron chi connectivity index (χ3n) is 4.34. The second kappa shape index (κ2) is 7.42. The van der Waals surface area contributed by atoms with E-state index in [1.165, 1.54) is 11.6 Å². The molecule has 0 saturated carbocycles. The van der Waals surface area contributed by atoms with Gasteiger partial charge in [-0.1, -0.05) is 30.3 Å². The molecule has 2 aromatic carbocycles. The minimum absolute atomic E-state index is 0.0401. The Morgan fingerprint density at radius 1 is 1.25 bits per heavy atom. The van der Waals surface area contributed by atoms with Crippen LogP contribution in [-0.4, -0.2) is 34.1 Å². The van der Waals surface area contributed by atoms with Crippen LogP contribution in [0.1, 0.15) is 17.5 Å². The van der Waals surface area contributed by atoms with Crippen molar-refractivity contribution in [2.75, 3.05) is 18.4 Å². The molecular weight excluding hydrogens is 306 g/mol. The summed E-state index contributed by atoms with van der Waals surface area (Å²) in [5.41, 5.74) is 2.32. The van der Waals surface area contributed by atoms with Crippen LogP contribution in [-0.2, 0) is 13.2 Å². The molecule has 0 aromatic heterocycles. The average Bonchev–Trinajstić information content (AvgIpc) is 3.02. The lowest BCUT2D eigenvalue weighted by atomic mass is 10.1. The average molecular weight is 327 g/mol. The molecule has 0 amide bonds. The molecule has 1 fully saturated rings. The number of nitro groups is 1. The molecule has 6 nitrogen and oxygen atoms in total. The van der Waals surface area contributed by atoms with Crippen LogP contribution in [0.25, 0.3) is 0 Å². The van der Waals surface area contributed by atoms with E-state index < -0.39 is 4.92 Å². The van der Waals surface area contributed by atoms with Gasteiger partial charge in [-0.25, -0.2) is 0 Å². The van der Waals surface area contributed by atoms with Gasteiger partial charge in [0.1, 0.15) is 0 Å². The van der Waals surface area contributed by atoms with Gasteiger partial charge in [0.2, 0.25) is 0 Å². The summed E-state index contributed by atoms with van der Waals surface area (Å²) < 4.78 is 0. The number of likely N-dealkylation sites (tertiary alicyclic amines) is 1. The van der Waals surface area contributed by atoms with Gasteiger partial charge >= 0.3 is 0 Å². The van der Waals surface area contributed by atoms with E-state index in [-0.39, 0.29) is 18.3 Å². The van der Waals surface area contributed by atoms with E-state index in [1.54, 1.807) is 12.1 Å². The van der Waals surface area contributed by atoms with E-state index in [4.69, 9.17) is 0 Å². The minimum atomic E-state index is -0.451. The number of nitrogens with one attached hydrogen (secondary N) is 1. The zero-order valence-corrected chi connectivity index (χ0v) is 13.4. The molecule has 1 heterocycles. The first kappa shape index (κ1) is 16.4. The second-order valence-electron chi connectivity index (χ2n) is 6.11. The molecule has 3 rings (SSSR count). The van der Waals surface area contributed by atoms with Crippen molar-refractivity contribution in [2.24, 2.45) is 0 Å².